The topological polar surface area (TPSA) is 77.3 Å². The van der Waals surface area contributed by atoms with Gasteiger partial charge in [-0.1, -0.05) is 11.3 Å². The van der Waals surface area contributed by atoms with E-state index in [1.807, 2.05) is 0 Å². The summed E-state index contributed by atoms with van der Waals surface area (Å²) in [4.78, 5) is 14.6. The van der Waals surface area contributed by atoms with Gasteiger partial charge in [-0.05, 0) is 25.5 Å². The number of rotatable bonds is 4. The summed E-state index contributed by atoms with van der Waals surface area (Å²) in [5.41, 5.74) is 0.676. The number of ether oxygens (including phenoxy) is 1. The first-order valence-corrected chi connectivity index (χ1v) is 6.95. The van der Waals surface area contributed by atoms with Crippen molar-refractivity contribution in [3.8, 4) is 5.19 Å². The van der Waals surface area contributed by atoms with Crippen LogP contribution >= 0.6 is 11.3 Å². The Balaban J connectivity index is 1.75. The summed E-state index contributed by atoms with van der Waals surface area (Å²) in [6.45, 7) is 1.64. The maximum absolute atomic E-state index is 10.7. The van der Waals surface area contributed by atoms with Gasteiger partial charge in [-0.15, -0.1) is 0 Å². The van der Waals surface area contributed by atoms with Crippen LogP contribution in [0.3, 0.4) is 0 Å². The lowest BCUT2D eigenvalue weighted by Gasteiger charge is -2.09. The number of fused-ring (bicyclic) bond motifs is 1. The van der Waals surface area contributed by atoms with E-state index in [2.05, 4.69) is 10.3 Å². The summed E-state index contributed by atoms with van der Waals surface area (Å²) in [5, 5.41) is 14.6. The van der Waals surface area contributed by atoms with Crippen molar-refractivity contribution in [1.82, 2.24) is 10.3 Å². The van der Waals surface area contributed by atoms with Crippen LogP contribution < -0.4 is 10.1 Å². The minimum Gasteiger partial charge on any atom is -0.468 e. The third-order valence-electron chi connectivity index (χ3n) is 3.13. The number of non-ortho nitro benzene ring substituents is 1. The fourth-order valence-electron chi connectivity index (χ4n) is 2.14. The molecule has 1 aromatic carbocycles. The van der Waals surface area contributed by atoms with Crippen molar-refractivity contribution in [3.63, 3.8) is 0 Å². The molecular weight excluding hydrogens is 266 g/mol. The highest BCUT2D eigenvalue weighted by molar-refractivity contribution is 7.20. The van der Waals surface area contributed by atoms with E-state index in [4.69, 9.17) is 4.74 Å². The molecule has 0 bridgehead atoms. The number of hydrogen-bond donors (Lipinski definition) is 1. The minimum absolute atomic E-state index is 0.0572. The molecule has 2 heterocycles. The molecule has 7 heteroatoms. The van der Waals surface area contributed by atoms with E-state index in [0.29, 0.717) is 23.4 Å². The lowest BCUT2D eigenvalue weighted by molar-refractivity contribution is -0.384. The minimum atomic E-state index is -0.415. The zero-order valence-corrected chi connectivity index (χ0v) is 11.0. The van der Waals surface area contributed by atoms with Gasteiger partial charge in [0.05, 0.1) is 15.1 Å². The number of benzene rings is 1. The Morgan fingerprint density at radius 1 is 1.58 bits per heavy atom. The van der Waals surface area contributed by atoms with Crippen LogP contribution in [0.2, 0.25) is 0 Å². The monoisotopic (exact) mass is 279 g/mol. The number of nitro benzene ring substituents is 1. The number of nitrogens with one attached hydrogen (secondary N) is 1. The average molecular weight is 279 g/mol. The van der Waals surface area contributed by atoms with Crippen LogP contribution in [0.4, 0.5) is 5.69 Å². The highest BCUT2D eigenvalue weighted by Gasteiger charge is 2.16. The van der Waals surface area contributed by atoms with Gasteiger partial charge in [0.1, 0.15) is 6.61 Å². The largest absolute Gasteiger partial charge is 0.468 e. The first-order valence-electron chi connectivity index (χ1n) is 6.13. The smallest absolute Gasteiger partial charge is 0.274 e. The normalized spacial score (nSPS) is 18.8. The van der Waals surface area contributed by atoms with Crippen molar-refractivity contribution < 1.29 is 9.66 Å². The van der Waals surface area contributed by atoms with E-state index in [0.717, 1.165) is 17.7 Å². The summed E-state index contributed by atoms with van der Waals surface area (Å²) in [5.74, 6) is 0. The predicted octanol–water partition coefficient (Wildman–Crippen LogP) is 2.34. The lowest BCUT2D eigenvalue weighted by Crippen LogP contribution is -2.28. The van der Waals surface area contributed by atoms with Gasteiger partial charge in [0, 0.05) is 18.2 Å². The average Bonchev–Trinajstić information content (AvgIpc) is 3.04. The third-order valence-corrected chi connectivity index (χ3v) is 4.08. The zero-order chi connectivity index (χ0) is 13.2. The second kappa shape index (κ2) is 5.10. The lowest BCUT2D eigenvalue weighted by atomic mass is 10.2. The molecular formula is C12H13N3O3S. The fraction of sp³-hybridized carbons (Fsp3) is 0.417. The Morgan fingerprint density at radius 2 is 2.47 bits per heavy atom. The molecule has 1 saturated heterocycles. The molecule has 0 aliphatic carbocycles. The first kappa shape index (κ1) is 12.3. The molecule has 1 N–H and O–H groups in total. The molecule has 1 aliphatic heterocycles. The van der Waals surface area contributed by atoms with Gasteiger partial charge in [0.2, 0.25) is 0 Å². The Morgan fingerprint density at radius 3 is 3.21 bits per heavy atom. The second-order valence-corrected chi connectivity index (χ2v) is 5.49. The van der Waals surface area contributed by atoms with Crippen LogP contribution in [0.5, 0.6) is 5.19 Å². The van der Waals surface area contributed by atoms with Crippen LogP contribution in [0.1, 0.15) is 12.8 Å². The van der Waals surface area contributed by atoms with Crippen LogP contribution in [-0.2, 0) is 0 Å². The van der Waals surface area contributed by atoms with E-state index in [1.54, 1.807) is 6.07 Å². The van der Waals surface area contributed by atoms with Gasteiger partial charge in [-0.25, -0.2) is 4.98 Å². The van der Waals surface area contributed by atoms with Gasteiger partial charge in [-0.2, -0.15) is 0 Å². The van der Waals surface area contributed by atoms with Crippen LogP contribution in [0.25, 0.3) is 10.2 Å². The quantitative estimate of drug-likeness (QED) is 0.686. The number of aromatic nitrogens is 1. The first-order chi connectivity index (χ1) is 9.22. The molecule has 100 valence electrons. The molecule has 0 radical (unpaired) electrons. The Bertz CT molecular complexity index is 607. The van der Waals surface area contributed by atoms with Crippen LogP contribution in [0.15, 0.2) is 18.2 Å². The zero-order valence-electron chi connectivity index (χ0n) is 10.2. The Labute approximate surface area is 113 Å². The number of nitrogens with zero attached hydrogens (tertiary/aromatic N) is 2. The summed E-state index contributed by atoms with van der Waals surface area (Å²) >= 11 is 1.42. The summed E-state index contributed by atoms with van der Waals surface area (Å²) in [6.07, 6.45) is 2.30. The van der Waals surface area contributed by atoms with E-state index in [9.17, 15) is 10.1 Å². The number of thiazole rings is 1. The molecule has 1 atom stereocenters. The molecule has 1 unspecified atom stereocenters. The van der Waals surface area contributed by atoms with E-state index >= 15 is 0 Å². The maximum atomic E-state index is 10.7. The van der Waals surface area contributed by atoms with Crippen LogP contribution in [-0.4, -0.2) is 29.1 Å². The van der Waals surface area contributed by atoms with Crippen molar-refractivity contribution in [3.05, 3.63) is 28.3 Å². The molecule has 3 rings (SSSR count). The highest BCUT2D eigenvalue weighted by Crippen LogP contribution is 2.30. The van der Waals surface area contributed by atoms with Gasteiger partial charge in [0.25, 0.3) is 10.9 Å². The Hall–Kier alpha value is -1.73. The van der Waals surface area contributed by atoms with Crippen molar-refractivity contribution in [2.45, 2.75) is 18.9 Å². The number of hydrogen-bond acceptors (Lipinski definition) is 6. The molecule has 0 saturated carbocycles. The molecule has 19 heavy (non-hydrogen) atoms. The third kappa shape index (κ3) is 2.66. The molecule has 1 aliphatic rings. The fourth-order valence-corrected chi connectivity index (χ4v) is 2.95. The van der Waals surface area contributed by atoms with Crippen molar-refractivity contribution in [2.75, 3.05) is 13.2 Å². The predicted molar refractivity (Wildman–Crippen MR) is 72.8 cm³/mol. The van der Waals surface area contributed by atoms with Crippen LogP contribution in [0, 0.1) is 10.1 Å². The molecule has 2 aromatic rings. The van der Waals surface area contributed by atoms with Gasteiger partial charge in [0.15, 0.2) is 0 Å². The van der Waals surface area contributed by atoms with Gasteiger partial charge in [-0.3, -0.25) is 10.1 Å². The molecule has 0 spiro atoms. The van der Waals surface area contributed by atoms with E-state index in [-0.39, 0.29) is 5.69 Å². The number of nitro groups is 1. The maximum Gasteiger partial charge on any atom is 0.274 e. The molecule has 1 aromatic heterocycles. The second-order valence-electron chi connectivity index (χ2n) is 4.49. The molecule has 0 amide bonds. The van der Waals surface area contributed by atoms with E-state index in [1.165, 1.54) is 29.9 Å². The molecule has 1 fully saturated rings. The SMILES string of the molecule is O=[N+]([O-])c1ccc2sc(OCC3CCCN3)nc2c1. The highest BCUT2D eigenvalue weighted by atomic mass is 32.1. The standard InChI is InChI=1S/C12H13N3O3S/c16-15(17)9-3-4-11-10(6-9)14-12(19-11)18-7-8-2-1-5-13-8/h3-4,6,8,13H,1-2,5,7H2. The van der Waals surface area contributed by atoms with Gasteiger partial charge < -0.3 is 10.1 Å². The summed E-state index contributed by atoms with van der Waals surface area (Å²) in [7, 11) is 0. The van der Waals surface area contributed by atoms with Crippen molar-refractivity contribution in [2.24, 2.45) is 0 Å². The summed E-state index contributed by atoms with van der Waals surface area (Å²) in [6, 6.07) is 5.07. The van der Waals surface area contributed by atoms with Crippen molar-refractivity contribution >= 4 is 27.2 Å². The van der Waals surface area contributed by atoms with Gasteiger partial charge >= 0.3 is 0 Å². The summed E-state index contributed by atoms with van der Waals surface area (Å²) < 4.78 is 6.55. The van der Waals surface area contributed by atoms with E-state index < -0.39 is 4.92 Å². The molecule has 6 nitrogen and oxygen atoms in total. The Kier molecular flexibility index (Phi) is 3.31. The van der Waals surface area contributed by atoms with Crippen molar-refractivity contribution in [1.29, 1.82) is 0 Å².